The van der Waals surface area contributed by atoms with E-state index >= 15 is 0 Å². The number of ether oxygens (including phenoxy) is 1. The van der Waals surface area contributed by atoms with Crippen LogP contribution >= 0.6 is 0 Å². The van der Waals surface area contributed by atoms with Gasteiger partial charge in [-0.15, -0.1) is 0 Å². The number of rotatable bonds is 3. The van der Waals surface area contributed by atoms with Crippen LogP contribution in [0.5, 0.6) is 0 Å². The number of furan rings is 1. The molecule has 0 radical (unpaired) electrons. The standard InChI is InChI=1S/C19H28N2O4/c1-14-6-7-16(24-14)8-9-17(22)20(5)15-10-12-21(13-11-15)18(23)25-19(2,3)4/h6-9,15H,10-13H2,1-5H3/b9-8+. The molecule has 1 aliphatic heterocycles. The van der Waals surface area contributed by atoms with Crippen molar-refractivity contribution >= 4 is 18.1 Å². The van der Waals surface area contributed by atoms with Crippen molar-refractivity contribution in [1.29, 1.82) is 0 Å². The molecular weight excluding hydrogens is 320 g/mol. The van der Waals surface area contributed by atoms with Gasteiger partial charge < -0.3 is 19.0 Å². The number of likely N-dealkylation sites (tertiary alicyclic amines) is 1. The van der Waals surface area contributed by atoms with Crippen LogP contribution in [-0.4, -0.2) is 53.6 Å². The summed E-state index contributed by atoms with van der Waals surface area (Å²) in [6.45, 7) is 8.63. The molecule has 1 aromatic rings. The number of carbonyl (C=O) groups excluding carboxylic acids is 2. The normalized spacial score (nSPS) is 16.3. The summed E-state index contributed by atoms with van der Waals surface area (Å²) < 4.78 is 10.8. The van der Waals surface area contributed by atoms with Crippen molar-refractivity contribution in [2.24, 2.45) is 0 Å². The Morgan fingerprint density at radius 3 is 2.44 bits per heavy atom. The van der Waals surface area contributed by atoms with Crippen molar-refractivity contribution in [3.63, 3.8) is 0 Å². The molecule has 0 N–H and O–H groups in total. The lowest BCUT2D eigenvalue weighted by Gasteiger charge is -2.37. The van der Waals surface area contributed by atoms with Crippen LogP contribution in [-0.2, 0) is 9.53 Å². The molecule has 0 bridgehead atoms. The van der Waals surface area contributed by atoms with Gasteiger partial charge in [-0.1, -0.05) is 0 Å². The summed E-state index contributed by atoms with van der Waals surface area (Å²) in [4.78, 5) is 27.8. The fourth-order valence-electron chi connectivity index (χ4n) is 2.76. The van der Waals surface area contributed by atoms with Crippen molar-refractivity contribution < 1.29 is 18.7 Å². The molecular formula is C19H28N2O4. The number of aryl methyl sites for hydroxylation is 1. The lowest BCUT2D eigenvalue weighted by molar-refractivity contribution is -0.127. The second-order valence-electron chi connectivity index (χ2n) is 7.43. The Morgan fingerprint density at radius 2 is 1.92 bits per heavy atom. The average molecular weight is 348 g/mol. The topological polar surface area (TPSA) is 63.0 Å². The molecule has 138 valence electrons. The van der Waals surface area contributed by atoms with E-state index in [0.717, 1.165) is 18.6 Å². The molecule has 1 saturated heterocycles. The Morgan fingerprint density at radius 1 is 1.28 bits per heavy atom. The summed E-state index contributed by atoms with van der Waals surface area (Å²) in [6.07, 6.45) is 4.41. The minimum absolute atomic E-state index is 0.0650. The van der Waals surface area contributed by atoms with Gasteiger partial charge in [-0.3, -0.25) is 4.79 Å². The second-order valence-corrected chi connectivity index (χ2v) is 7.43. The Bertz CT molecular complexity index is 634. The van der Waals surface area contributed by atoms with Gasteiger partial charge in [0.15, 0.2) is 0 Å². The number of nitrogens with zero attached hydrogens (tertiary/aromatic N) is 2. The van der Waals surface area contributed by atoms with Gasteiger partial charge >= 0.3 is 6.09 Å². The number of piperidine rings is 1. The Labute approximate surface area is 149 Å². The fraction of sp³-hybridized carbons (Fsp3) is 0.579. The average Bonchev–Trinajstić information content (AvgIpc) is 2.96. The van der Waals surface area contributed by atoms with Gasteiger partial charge in [-0.05, 0) is 58.7 Å². The molecule has 1 aliphatic rings. The summed E-state index contributed by atoms with van der Waals surface area (Å²) in [5.74, 6) is 1.42. The molecule has 0 unspecified atom stereocenters. The van der Waals surface area contributed by atoms with Crippen LogP contribution in [0.15, 0.2) is 22.6 Å². The third-order valence-corrected chi connectivity index (χ3v) is 4.16. The number of hydrogen-bond donors (Lipinski definition) is 0. The molecule has 1 aromatic heterocycles. The summed E-state index contributed by atoms with van der Waals surface area (Å²) in [7, 11) is 1.80. The predicted octanol–water partition coefficient (Wildman–Crippen LogP) is 3.46. The predicted molar refractivity (Wildman–Crippen MR) is 96.1 cm³/mol. The Kier molecular flexibility index (Phi) is 5.93. The molecule has 0 saturated carbocycles. The van der Waals surface area contributed by atoms with E-state index in [1.807, 2.05) is 39.8 Å². The molecule has 25 heavy (non-hydrogen) atoms. The van der Waals surface area contributed by atoms with Crippen molar-refractivity contribution in [2.75, 3.05) is 20.1 Å². The number of hydrogen-bond acceptors (Lipinski definition) is 4. The number of likely N-dealkylation sites (N-methyl/N-ethyl adjacent to an activating group) is 1. The summed E-state index contributed by atoms with van der Waals surface area (Å²) in [6, 6.07) is 3.81. The zero-order chi connectivity index (χ0) is 18.6. The first-order valence-corrected chi connectivity index (χ1v) is 8.65. The Hall–Kier alpha value is -2.24. The molecule has 2 rings (SSSR count). The van der Waals surface area contributed by atoms with E-state index in [0.29, 0.717) is 18.8 Å². The van der Waals surface area contributed by atoms with E-state index in [4.69, 9.17) is 9.15 Å². The van der Waals surface area contributed by atoms with Crippen LogP contribution < -0.4 is 0 Å². The van der Waals surface area contributed by atoms with E-state index < -0.39 is 5.60 Å². The summed E-state index contributed by atoms with van der Waals surface area (Å²) in [5, 5.41) is 0. The summed E-state index contributed by atoms with van der Waals surface area (Å²) >= 11 is 0. The van der Waals surface area contributed by atoms with Crippen molar-refractivity contribution in [3.05, 3.63) is 29.7 Å². The van der Waals surface area contributed by atoms with Gasteiger partial charge in [0.2, 0.25) is 5.91 Å². The van der Waals surface area contributed by atoms with E-state index in [1.165, 1.54) is 6.08 Å². The van der Waals surface area contributed by atoms with Gasteiger partial charge in [0.1, 0.15) is 17.1 Å². The molecule has 0 atom stereocenters. The molecule has 6 heteroatoms. The van der Waals surface area contributed by atoms with Gasteiger partial charge in [-0.25, -0.2) is 4.79 Å². The molecule has 2 heterocycles. The lowest BCUT2D eigenvalue weighted by Crippen LogP contribution is -2.48. The smallest absolute Gasteiger partial charge is 0.410 e. The quantitative estimate of drug-likeness (QED) is 0.785. The second kappa shape index (κ2) is 7.76. The zero-order valence-electron chi connectivity index (χ0n) is 15.7. The molecule has 6 nitrogen and oxygen atoms in total. The zero-order valence-corrected chi connectivity index (χ0v) is 15.7. The van der Waals surface area contributed by atoms with E-state index in [1.54, 1.807) is 22.9 Å². The minimum Gasteiger partial charge on any atom is -0.462 e. The molecule has 0 aliphatic carbocycles. The van der Waals surface area contributed by atoms with Crippen LogP contribution in [0.1, 0.15) is 45.1 Å². The van der Waals surface area contributed by atoms with Crippen molar-refractivity contribution in [1.82, 2.24) is 9.80 Å². The minimum atomic E-state index is -0.490. The maximum Gasteiger partial charge on any atom is 0.410 e. The SMILES string of the molecule is Cc1ccc(/C=C/C(=O)N(C)C2CCN(C(=O)OC(C)(C)C)CC2)o1. The van der Waals surface area contributed by atoms with E-state index in [9.17, 15) is 9.59 Å². The van der Waals surface area contributed by atoms with E-state index in [-0.39, 0.29) is 18.0 Å². The highest BCUT2D eigenvalue weighted by Crippen LogP contribution is 2.19. The van der Waals surface area contributed by atoms with Crippen LogP contribution in [0.2, 0.25) is 0 Å². The van der Waals surface area contributed by atoms with Gasteiger partial charge in [-0.2, -0.15) is 0 Å². The first-order valence-electron chi connectivity index (χ1n) is 8.65. The molecule has 1 fully saturated rings. The van der Waals surface area contributed by atoms with Crippen LogP contribution in [0.4, 0.5) is 4.79 Å². The molecule has 2 amide bonds. The third-order valence-electron chi connectivity index (χ3n) is 4.16. The maximum absolute atomic E-state index is 12.3. The van der Waals surface area contributed by atoms with Crippen molar-refractivity contribution in [2.45, 2.75) is 52.2 Å². The monoisotopic (exact) mass is 348 g/mol. The van der Waals surface area contributed by atoms with Crippen LogP contribution in [0, 0.1) is 6.92 Å². The summed E-state index contributed by atoms with van der Waals surface area (Å²) in [5.41, 5.74) is -0.490. The maximum atomic E-state index is 12.3. The van der Waals surface area contributed by atoms with Crippen LogP contribution in [0.3, 0.4) is 0 Å². The number of amides is 2. The largest absolute Gasteiger partial charge is 0.462 e. The number of carbonyl (C=O) groups is 2. The first-order chi connectivity index (χ1) is 11.7. The highest BCUT2D eigenvalue weighted by atomic mass is 16.6. The highest BCUT2D eigenvalue weighted by Gasteiger charge is 2.29. The first kappa shape index (κ1) is 19.1. The Balaban J connectivity index is 1.84. The highest BCUT2D eigenvalue weighted by molar-refractivity contribution is 5.91. The lowest BCUT2D eigenvalue weighted by atomic mass is 10.0. The van der Waals surface area contributed by atoms with Gasteiger partial charge in [0, 0.05) is 32.3 Å². The van der Waals surface area contributed by atoms with Gasteiger partial charge in [0.05, 0.1) is 0 Å². The molecule has 0 aromatic carbocycles. The molecule has 0 spiro atoms. The van der Waals surface area contributed by atoms with E-state index in [2.05, 4.69) is 0 Å². The van der Waals surface area contributed by atoms with Crippen molar-refractivity contribution in [3.8, 4) is 0 Å². The van der Waals surface area contributed by atoms with Gasteiger partial charge in [0.25, 0.3) is 0 Å². The van der Waals surface area contributed by atoms with Crippen LogP contribution in [0.25, 0.3) is 6.08 Å². The third kappa shape index (κ3) is 5.66. The fourth-order valence-corrected chi connectivity index (χ4v) is 2.76.